The average molecular weight is 540 g/mol. The molecule has 4 nitrogen and oxygen atoms in total. The Morgan fingerprint density at radius 1 is 1.19 bits per heavy atom. The molecule has 32 heavy (non-hydrogen) atoms. The van der Waals surface area contributed by atoms with E-state index in [-0.39, 0.29) is 11.4 Å². The molecule has 0 heterocycles. The summed E-state index contributed by atoms with van der Waals surface area (Å²) in [4.78, 5) is 12.6. The van der Waals surface area contributed by atoms with Gasteiger partial charge in [-0.15, -0.1) is 0 Å². The van der Waals surface area contributed by atoms with Crippen LogP contribution >= 0.6 is 22.6 Å². The Morgan fingerprint density at radius 3 is 2.66 bits per heavy atom. The molecule has 0 saturated carbocycles. The topological polar surface area (TPSA) is 62.1 Å². The van der Waals surface area contributed by atoms with Crippen molar-refractivity contribution in [3.8, 4) is 11.8 Å². The van der Waals surface area contributed by atoms with Crippen LogP contribution in [-0.2, 0) is 11.2 Å². The summed E-state index contributed by atoms with van der Waals surface area (Å²) < 4.78 is 20.9. The standard InChI is InChI=1S/C26H22FIN2O2/c1-3-32-25-14-18(13-24(28)22(25)15-19-8-4-5-10-23(19)27)12-20(16-29)26(31)30-21-9-6-7-17(2)11-21/h4-14H,3,15H2,1-2H3,(H,30,31)/b20-12+. The second-order valence-electron chi connectivity index (χ2n) is 7.17. The van der Waals surface area contributed by atoms with Crippen molar-refractivity contribution >= 4 is 40.3 Å². The largest absolute Gasteiger partial charge is 0.494 e. The van der Waals surface area contributed by atoms with Gasteiger partial charge in [-0.1, -0.05) is 30.3 Å². The van der Waals surface area contributed by atoms with Gasteiger partial charge in [0.15, 0.2) is 0 Å². The van der Waals surface area contributed by atoms with Crippen molar-refractivity contribution in [2.45, 2.75) is 20.3 Å². The molecule has 1 amide bonds. The fourth-order valence-electron chi connectivity index (χ4n) is 3.24. The lowest BCUT2D eigenvalue weighted by Gasteiger charge is -2.14. The number of aryl methyl sites for hydroxylation is 1. The molecule has 3 rings (SSSR count). The lowest BCUT2D eigenvalue weighted by Crippen LogP contribution is -2.13. The van der Waals surface area contributed by atoms with Crippen molar-refractivity contribution in [3.63, 3.8) is 0 Å². The van der Waals surface area contributed by atoms with Gasteiger partial charge >= 0.3 is 0 Å². The first-order valence-electron chi connectivity index (χ1n) is 10.1. The second kappa shape index (κ2) is 10.9. The third kappa shape index (κ3) is 5.95. The van der Waals surface area contributed by atoms with Gasteiger partial charge in [-0.2, -0.15) is 5.26 Å². The van der Waals surface area contributed by atoms with Gasteiger partial charge in [0, 0.05) is 21.2 Å². The third-order valence-corrected chi connectivity index (χ3v) is 5.72. The van der Waals surface area contributed by atoms with Gasteiger partial charge in [-0.05, 0) is 89.5 Å². The van der Waals surface area contributed by atoms with Gasteiger partial charge < -0.3 is 10.1 Å². The monoisotopic (exact) mass is 540 g/mol. The Hall–Kier alpha value is -3.18. The fraction of sp³-hybridized carbons (Fsp3) is 0.154. The van der Waals surface area contributed by atoms with E-state index in [1.165, 1.54) is 12.1 Å². The number of rotatable bonds is 7. The molecule has 162 valence electrons. The van der Waals surface area contributed by atoms with Gasteiger partial charge in [-0.3, -0.25) is 4.79 Å². The molecule has 0 aliphatic carbocycles. The van der Waals surface area contributed by atoms with Crippen LogP contribution in [0.2, 0.25) is 0 Å². The molecule has 6 heteroatoms. The number of carbonyl (C=O) groups is 1. The number of nitriles is 1. The second-order valence-corrected chi connectivity index (χ2v) is 8.34. The van der Waals surface area contributed by atoms with Crippen molar-refractivity contribution in [2.75, 3.05) is 11.9 Å². The van der Waals surface area contributed by atoms with Crippen LogP contribution in [0.25, 0.3) is 6.08 Å². The molecule has 0 fully saturated rings. The molecule has 3 aromatic carbocycles. The maximum atomic E-state index is 14.2. The summed E-state index contributed by atoms with van der Waals surface area (Å²) in [7, 11) is 0. The minimum atomic E-state index is -0.485. The molecule has 1 N–H and O–H groups in total. The van der Waals surface area contributed by atoms with Crippen LogP contribution in [-0.4, -0.2) is 12.5 Å². The van der Waals surface area contributed by atoms with Crippen LogP contribution in [0.15, 0.2) is 66.2 Å². The van der Waals surface area contributed by atoms with E-state index in [0.29, 0.717) is 35.6 Å². The van der Waals surface area contributed by atoms with Gasteiger partial charge in [0.25, 0.3) is 5.91 Å². The number of carbonyl (C=O) groups excluding carboxylic acids is 1. The smallest absolute Gasteiger partial charge is 0.266 e. The Labute approximate surface area is 200 Å². The van der Waals surface area contributed by atoms with Crippen LogP contribution < -0.4 is 10.1 Å². The Kier molecular flexibility index (Phi) is 8.01. The summed E-state index contributed by atoms with van der Waals surface area (Å²) in [6, 6.07) is 19.6. The molecule has 0 saturated heterocycles. The van der Waals surface area contributed by atoms with Crippen molar-refractivity contribution in [3.05, 3.63) is 97.9 Å². The molecule has 0 aliphatic heterocycles. The molecular formula is C26H22FIN2O2. The van der Waals surface area contributed by atoms with E-state index in [4.69, 9.17) is 4.74 Å². The zero-order valence-corrected chi connectivity index (χ0v) is 19.9. The molecule has 0 unspecified atom stereocenters. The number of hydrogen-bond donors (Lipinski definition) is 1. The summed E-state index contributed by atoms with van der Waals surface area (Å²) in [6.07, 6.45) is 1.91. The van der Waals surface area contributed by atoms with Crippen LogP contribution in [0.1, 0.15) is 29.2 Å². The molecule has 0 spiro atoms. The van der Waals surface area contributed by atoms with Crippen LogP contribution in [0, 0.1) is 27.6 Å². The van der Waals surface area contributed by atoms with E-state index in [1.807, 2.05) is 44.2 Å². The maximum absolute atomic E-state index is 14.2. The highest BCUT2D eigenvalue weighted by Gasteiger charge is 2.15. The molecular weight excluding hydrogens is 518 g/mol. The number of nitrogens with zero attached hydrogens (tertiary/aromatic N) is 1. The zero-order valence-electron chi connectivity index (χ0n) is 17.8. The zero-order chi connectivity index (χ0) is 23.1. The summed E-state index contributed by atoms with van der Waals surface area (Å²) >= 11 is 2.17. The Balaban J connectivity index is 1.92. The minimum absolute atomic E-state index is 0.0217. The van der Waals surface area contributed by atoms with E-state index >= 15 is 0 Å². The van der Waals surface area contributed by atoms with Gasteiger partial charge in [0.2, 0.25) is 0 Å². The predicted octanol–water partition coefficient (Wildman–Crippen LogP) is 6.27. The Morgan fingerprint density at radius 2 is 1.97 bits per heavy atom. The number of amides is 1. The van der Waals surface area contributed by atoms with Gasteiger partial charge in [-0.25, -0.2) is 4.39 Å². The average Bonchev–Trinajstić information content (AvgIpc) is 2.75. The number of ether oxygens (including phenoxy) is 1. The third-order valence-electron chi connectivity index (χ3n) is 4.75. The molecule has 0 bridgehead atoms. The van der Waals surface area contributed by atoms with Crippen LogP contribution in [0.4, 0.5) is 10.1 Å². The van der Waals surface area contributed by atoms with Gasteiger partial charge in [0.1, 0.15) is 23.2 Å². The maximum Gasteiger partial charge on any atom is 0.266 e. The lowest BCUT2D eigenvalue weighted by molar-refractivity contribution is -0.112. The van der Waals surface area contributed by atoms with Crippen LogP contribution in [0.5, 0.6) is 5.75 Å². The van der Waals surface area contributed by atoms with Crippen molar-refractivity contribution in [2.24, 2.45) is 0 Å². The summed E-state index contributed by atoms with van der Waals surface area (Å²) in [5, 5.41) is 12.3. The predicted molar refractivity (Wildman–Crippen MR) is 133 cm³/mol. The first-order chi connectivity index (χ1) is 15.4. The molecule has 0 atom stereocenters. The highest BCUT2D eigenvalue weighted by atomic mass is 127. The normalized spacial score (nSPS) is 11.0. The minimum Gasteiger partial charge on any atom is -0.494 e. The number of benzene rings is 3. The SMILES string of the molecule is CCOc1cc(/C=C(\C#N)C(=O)Nc2cccc(C)c2)cc(I)c1Cc1ccccc1F. The van der Waals surface area contributed by atoms with Crippen molar-refractivity contribution in [1.82, 2.24) is 0 Å². The van der Waals surface area contributed by atoms with Crippen molar-refractivity contribution < 1.29 is 13.9 Å². The summed E-state index contributed by atoms with van der Waals surface area (Å²) in [6.45, 7) is 4.24. The first-order valence-corrected chi connectivity index (χ1v) is 11.2. The van der Waals surface area contributed by atoms with Gasteiger partial charge in [0.05, 0.1) is 6.61 Å². The van der Waals surface area contributed by atoms with E-state index in [2.05, 4.69) is 27.9 Å². The molecule has 0 aromatic heterocycles. The van der Waals surface area contributed by atoms with E-state index in [1.54, 1.807) is 30.3 Å². The number of nitrogens with one attached hydrogen (secondary N) is 1. The Bertz CT molecular complexity index is 1210. The highest BCUT2D eigenvalue weighted by molar-refractivity contribution is 14.1. The summed E-state index contributed by atoms with van der Waals surface area (Å²) in [5.74, 6) is -0.152. The van der Waals surface area contributed by atoms with Crippen molar-refractivity contribution in [1.29, 1.82) is 5.26 Å². The first kappa shape index (κ1) is 23.5. The molecule has 0 aliphatic rings. The quantitative estimate of drug-likeness (QED) is 0.218. The number of anilines is 1. The van der Waals surface area contributed by atoms with E-state index in [9.17, 15) is 14.4 Å². The molecule has 0 radical (unpaired) electrons. The number of hydrogen-bond acceptors (Lipinski definition) is 3. The van der Waals surface area contributed by atoms with E-state index in [0.717, 1.165) is 14.7 Å². The highest BCUT2D eigenvalue weighted by Crippen LogP contribution is 2.30. The lowest BCUT2D eigenvalue weighted by atomic mass is 10.0. The number of halogens is 2. The van der Waals surface area contributed by atoms with Crippen LogP contribution in [0.3, 0.4) is 0 Å². The molecule has 3 aromatic rings. The fourth-order valence-corrected chi connectivity index (χ4v) is 4.06. The summed E-state index contributed by atoms with van der Waals surface area (Å²) in [5.41, 5.74) is 3.70. The van der Waals surface area contributed by atoms with E-state index < -0.39 is 5.91 Å².